The lowest BCUT2D eigenvalue weighted by Crippen LogP contribution is -2.15. The van der Waals surface area contributed by atoms with E-state index in [1.54, 1.807) is 12.1 Å². The van der Waals surface area contributed by atoms with Crippen LogP contribution in [0.4, 0.5) is 5.69 Å². The number of hydrogen-bond donors (Lipinski definition) is 1. The van der Waals surface area contributed by atoms with Crippen molar-refractivity contribution in [3.63, 3.8) is 0 Å². The molecule has 1 aromatic heterocycles. The Morgan fingerprint density at radius 2 is 1.93 bits per heavy atom. The van der Waals surface area contributed by atoms with Crippen LogP contribution in [0.1, 0.15) is 36.7 Å². The summed E-state index contributed by atoms with van der Waals surface area (Å²) < 4.78 is 7.67. The second-order valence-corrected chi connectivity index (χ2v) is 8.65. The van der Waals surface area contributed by atoms with Gasteiger partial charge in [0.1, 0.15) is 12.4 Å². The number of amides is 1. The highest BCUT2D eigenvalue weighted by molar-refractivity contribution is 7.99. The first-order valence-corrected chi connectivity index (χ1v) is 11.0. The number of aryl methyl sites for hydroxylation is 1. The molecule has 0 unspecified atom stereocenters. The number of aromatic nitrogens is 3. The molecule has 1 amide bonds. The van der Waals surface area contributed by atoms with Gasteiger partial charge in [0, 0.05) is 17.8 Å². The third-order valence-corrected chi connectivity index (χ3v) is 5.89. The monoisotopic (exact) mass is 444 g/mol. The van der Waals surface area contributed by atoms with Crippen molar-refractivity contribution in [1.82, 2.24) is 14.8 Å². The van der Waals surface area contributed by atoms with Gasteiger partial charge in [-0.25, -0.2) is 0 Å². The Morgan fingerprint density at radius 3 is 2.60 bits per heavy atom. The fourth-order valence-electron chi connectivity index (χ4n) is 2.78. The Bertz CT molecular complexity index is 1020. The summed E-state index contributed by atoms with van der Waals surface area (Å²) in [6.45, 7) is 6.53. The molecule has 0 saturated carbocycles. The molecule has 0 spiro atoms. The smallest absolute Gasteiger partial charge is 0.234 e. The van der Waals surface area contributed by atoms with E-state index in [1.165, 1.54) is 17.3 Å². The minimum atomic E-state index is -0.114. The topological polar surface area (TPSA) is 69.0 Å². The highest BCUT2D eigenvalue weighted by Gasteiger charge is 2.13. The Balaban J connectivity index is 1.52. The molecule has 3 aromatic rings. The van der Waals surface area contributed by atoms with Gasteiger partial charge in [-0.1, -0.05) is 49.3 Å². The molecule has 0 saturated heterocycles. The van der Waals surface area contributed by atoms with Gasteiger partial charge in [-0.15, -0.1) is 10.2 Å². The number of hydrogen-bond acceptors (Lipinski definition) is 5. The van der Waals surface area contributed by atoms with Crippen molar-refractivity contribution in [3.8, 4) is 5.75 Å². The van der Waals surface area contributed by atoms with Gasteiger partial charge < -0.3 is 14.6 Å². The van der Waals surface area contributed by atoms with Crippen molar-refractivity contribution in [2.45, 2.75) is 38.5 Å². The number of benzene rings is 2. The Labute approximate surface area is 186 Å². The summed E-state index contributed by atoms with van der Waals surface area (Å²) in [7, 11) is 1.87. The number of anilines is 1. The molecule has 6 nitrogen and oxygen atoms in total. The van der Waals surface area contributed by atoms with E-state index in [9.17, 15) is 4.79 Å². The third kappa shape index (κ3) is 5.77. The van der Waals surface area contributed by atoms with Crippen LogP contribution in [0.15, 0.2) is 47.6 Å². The highest BCUT2D eigenvalue weighted by atomic mass is 35.5. The third-order valence-electron chi connectivity index (χ3n) is 4.63. The summed E-state index contributed by atoms with van der Waals surface area (Å²) in [4.78, 5) is 12.3. The Hall–Kier alpha value is -2.51. The molecule has 0 aliphatic rings. The second kappa shape index (κ2) is 10.00. The van der Waals surface area contributed by atoms with Gasteiger partial charge in [0.05, 0.1) is 5.75 Å². The summed E-state index contributed by atoms with van der Waals surface area (Å²) in [5, 5.41) is 12.5. The second-order valence-electron chi connectivity index (χ2n) is 7.27. The predicted octanol–water partition coefficient (Wildman–Crippen LogP) is 5.21. The zero-order valence-electron chi connectivity index (χ0n) is 17.5. The molecule has 0 aliphatic carbocycles. The zero-order chi connectivity index (χ0) is 21.7. The summed E-state index contributed by atoms with van der Waals surface area (Å²) in [6, 6.07) is 13.4. The SMILES string of the molecule is Cc1cc(Cl)ccc1NC(=O)CSc1nnc(COc2ccc(C(C)C)cc2)n1C. The van der Waals surface area contributed by atoms with E-state index >= 15 is 0 Å². The normalized spacial score (nSPS) is 11.0. The van der Waals surface area contributed by atoms with Gasteiger partial charge in [0.25, 0.3) is 0 Å². The largest absolute Gasteiger partial charge is 0.486 e. The fourth-order valence-corrected chi connectivity index (χ4v) is 3.73. The summed E-state index contributed by atoms with van der Waals surface area (Å²) in [5.74, 6) is 2.08. The quantitative estimate of drug-likeness (QED) is 0.483. The van der Waals surface area contributed by atoms with Crippen LogP contribution in [-0.4, -0.2) is 26.4 Å². The summed E-state index contributed by atoms with van der Waals surface area (Å²) in [6.07, 6.45) is 0. The molecule has 0 aliphatic heterocycles. The molecule has 2 aromatic carbocycles. The van der Waals surface area contributed by atoms with Crippen LogP contribution in [0, 0.1) is 6.92 Å². The maximum absolute atomic E-state index is 12.3. The van der Waals surface area contributed by atoms with Crippen LogP contribution in [0.25, 0.3) is 0 Å². The van der Waals surface area contributed by atoms with Crippen molar-refractivity contribution in [2.24, 2.45) is 7.05 Å². The van der Waals surface area contributed by atoms with Crippen LogP contribution in [-0.2, 0) is 18.4 Å². The van der Waals surface area contributed by atoms with Crippen LogP contribution >= 0.6 is 23.4 Å². The van der Waals surface area contributed by atoms with E-state index in [2.05, 4.69) is 41.5 Å². The molecule has 1 N–H and O–H groups in total. The number of nitrogens with one attached hydrogen (secondary N) is 1. The molecule has 0 radical (unpaired) electrons. The lowest BCUT2D eigenvalue weighted by Gasteiger charge is -2.09. The van der Waals surface area contributed by atoms with Gasteiger partial charge >= 0.3 is 0 Å². The summed E-state index contributed by atoms with van der Waals surface area (Å²) >= 11 is 7.28. The van der Waals surface area contributed by atoms with Gasteiger partial charge in [-0.2, -0.15) is 0 Å². The van der Waals surface area contributed by atoms with Crippen molar-refractivity contribution in [1.29, 1.82) is 0 Å². The van der Waals surface area contributed by atoms with Crippen molar-refractivity contribution in [2.75, 3.05) is 11.1 Å². The lowest BCUT2D eigenvalue weighted by molar-refractivity contribution is -0.113. The maximum Gasteiger partial charge on any atom is 0.234 e. The molecule has 0 atom stereocenters. The van der Waals surface area contributed by atoms with Crippen LogP contribution < -0.4 is 10.1 Å². The van der Waals surface area contributed by atoms with E-state index < -0.39 is 0 Å². The van der Waals surface area contributed by atoms with E-state index in [-0.39, 0.29) is 11.7 Å². The first-order valence-electron chi connectivity index (χ1n) is 9.63. The Kier molecular flexibility index (Phi) is 7.39. The van der Waals surface area contributed by atoms with Gasteiger partial charge in [-0.3, -0.25) is 4.79 Å². The van der Waals surface area contributed by atoms with Crippen molar-refractivity contribution in [3.05, 3.63) is 64.4 Å². The standard InChI is InChI=1S/C22H25ClN4O2S/c1-14(2)16-5-8-18(9-6-16)29-12-20-25-26-22(27(20)4)30-13-21(28)24-19-10-7-17(23)11-15(19)3/h5-11,14H,12-13H2,1-4H3,(H,24,28). The number of rotatable bonds is 8. The first kappa shape index (κ1) is 22.2. The molecule has 158 valence electrons. The van der Waals surface area contributed by atoms with Crippen LogP contribution in [0.5, 0.6) is 5.75 Å². The number of nitrogens with zero attached hydrogens (tertiary/aromatic N) is 3. The maximum atomic E-state index is 12.3. The van der Waals surface area contributed by atoms with E-state index in [1.807, 2.05) is 36.7 Å². The van der Waals surface area contributed by atoms with Crippen molar-refractivity contribution < 1.29 is 9.53 Å². The van der Waals surface area contributed by atoms with Crippen molar-refractivity contribution >= 4 is 35.0 Å². The molecule has 30 heavy (non-hydrogen) atoms. The molecule has 0 fully saturated rings. The van der Waals surface area contributed by atoms with Crippen LogP contribution in [0.2, 0.25) is 5.02 Å². The lowest BCUT2D eigenvalue weighted by atomic mass is 10.0. The average molecular weight is 445 g/mol. The predicted molar refractivity (Wildman–Crippen MR) is 121 cm³/mol. The first-order chi connectivity index (χ1) is 14.3. The highest BCUT2D eigenvalue weighted by Crippen LogP contribution is 2.22. The van der Waals surface area contributed by atoms with Crippen LogP contribution in [0.3, 0.4) is 0 Å². The van der Waals surface area contributed by atoms with E-state index in [4.69, 9.17) is 16.3 Å². The number of thioether (sulfide) groups is 1. The summed E-state index contributed by atoms with van der Waals surface area (Å²) in [5.41, 5.74) is 2.94. The molecular weight excluding hydrogens is 420 g/mol. The number of halogens is 1. The molecular formula is C22H25ClN4O2S. The number of ether oxygens (including phenoxy) is 1. The fraction of sp³-hybridized carbons (Fsp3) is 0.318. The minimum absolute atomic E-state index is 0.114. The molecule has 0 bridgehead atoms. The van der Waals surface area contributed by atoms with Gasteiger partial charge in [0.15, 0.2) is 11.0 Å². The Morgan fingerprint density at radius 1 is 1.20 bits per heavy atom. The average Bonchev–Trinajstić information content (AvgIpc) is 3.07. The molecule has 1 heterocycles. The molecule has 8 heteroatoms. The zero-order valence-corrected chi connectivity index (χ0v) is 19.0. The van der Waals surface area contributed by atoms with E-state index in [0.717, 1.165) is 17.0 Å². The van der Waals surface area contributed by atoms with E-state index in [0.29, 0.717) is 28.5 Å². The minimum Gasteiger partial charge on any atom is -0.486 e. The van der Waals surface area contributed by atoms with Gasteiger partial charge in [0.2, 0.25) is 5.91 Å². The number of carbonyl (C=O) groups excluding carboxylic acids is 1. The molecule has 3 rings (SSSR count). The van der Waals surface area contributed by atoms with Gasteiger partial charge in [-0.05, 0) is 54.3 Å². The number of carbonyl (C=O) groups is 1.